The van der Waals surface area contributed by atoms with E-state index in [-0.39, 0.29) is 17.5 Å². The van der Waals surface area contributed by atoms with Crippen LogP contribution in [0.25, 0.3) is 0 Å². The van der Waals surface area contributed by atoms with Crippen LogP contribution in [0, 0.1) is 17.0 Å². The lowest BCUT2D eigenvalue weighted by Gasteiger charge is -2.25. The molecule has 0 unspecified atom stereocenters. The monoisotopic (exact) mass is 417 g/mol. The Labute approximate surface area is 170 Å². The van der Waals surface area contributed by atoms with E-state index in [2.05, 4.69) is 9.97 Å². The van der Waals surface area contributed by atoms with Crippen LogP contribution in [-0.4, -0.2) is 29.0 Å². The third kappa shape index (κ3) is 4.32. The number of nitro groups is 1. The predicted molar refractivity (Wildman–Crippen MR) is 107 cm³/mol. The summed E-state index contributed by atoms with van der Waals surface area (Å²) in [6.45, 7) is 1.88. The first-order chi connectivity index (χ1) is 14.1. The van der Waals surface area contributed by atoms with Gasteiger partial charge in [0, 0.05) is 43.8 Å². The summed E-state index contributed by atoms with van der Waals surface area (Å²) in [5, 5.41) is 10.8. The molecule has 0 fully saturated rings. The minimum atomic E-state index is -4.64. The molecule has 0 aliphatic carbocycles. The van der Waals surface area contributed by atoms with Gasteiger partial charge in [0.15, 0.2) is 5.82 Å². The van der Waals surface area contributed by atoms with Gasteiger partial charge in [-0.1, -0.05) is 17.7 Å². The van der Waals surface area contributed by atoms with E-state index in [4.69, 9.17) is 0 Å². The van der Waals surface area contributed by atoms with Gasteiger partial charge in [0.25, 0.3) is 5.69 Å². The van der Waals surface area contributed by atoms with E-state index < -0.39 is 16.7 Å². The first-order valence-corrected chi connectivity index (χ1v) is 8.80. The number of aryl methyl sites for hydroxylation is 1. The van der Waals surface area contributed by atoms with Crippen LogP contribution in [0.1, 0.15) is 11.1 Å². The Balaban J connectivity index is 2.03. The molecule has 0 aliphatic heterocycles. The molecule has 1 aromatic heterocycles. The average Bonchev–Trinajstić information content (AvgIpc) is 2.72. The second-order valence-electron chi connectivity index (χ2n) is 6.63. The highest BCUT2D eigenvalue weighted by molar-refractivity contribution is 5.66. The molecule has 0 saturated carbocycles. The molecule has 30 heavy (non-hydrogen) atoms. The summed E-state index contributed by atoms with van der Waals surface area (Å²) >= 11 is 0. The number of rotatable bonds is 5. The van der Waals surface area contributed by atoms with E-state index in [1.807, 2.05) is 6.92 Å². The number of hydrogen-bond acceptors (Lipinski definition) is 6. The summed E-state index contributed by atoms with van der Waals surface area (Å²) in [5.74, 6) is -0.282. The van der Waals surface area contributed by atoms with Crippen LogP contribution in [0.5, 0.6) is 0 Å². The van der Waals surface area contributed by atoms with E-state index in [9.17, 15) is 23.3 Å². The summed E-state index contributed by atoms with van der Waals surface area (Å²) in [4.78, 5) is 21.1. The molecule has 0 aliphatic rings. The zero-order chi connectivity index (χ0) is 22.1. The van der Waals surface area contributed by atoms with E-state index >= 15 is 0 Å². The van der Waals surface area contributed by atoms with E-state index in [1.54, 1.807) is 31.3 Å². The number of nitro benzene ring substituents is 1. The normalized spacial score (nSPS) is 11.3. The molecule has 1 heterocycles. The number of alkyl halides is 3. The molecule has 0 amide bonds. The zero-order valence-electron chi connectivity index (χ0n) is 16.4. The smallest absolute Gasteiger partial charge is 0.329 e. The van der Waals surface area contributed by atoms with Gasteiger partial charge in [-0.05, 0) is 31.2 Å². The van der Waals surface area contributed by atoms with Gasteiger partial charge < -0.3 is 9.80 Å². The molecule has 3 rings (SSSR count). The summed E-state index contributed by atoms with van der Waals surface area (Å²) < 4.78 is 40.7. The molecule has 0 N–H and O–H groups in total. The van der Waals surface area contributed by atoms with Crippen molar-refractivity contribution in [2.45, 2.75) is 13.1 Å². The van der Waals surface area contributed by atoms with Crippen molar-refractivity contribution in [3.05, 3.63) is 76.0 Å². The highest BCUT2D eigenvalue weighted by Gasteiger charge is 2.37. The molecule has 3 aromatic rings. The van der Waals surface area contributed by atoms with Crippen LogP contribution in [0.4, 0.5) is 42.0 Å². The fourth-order valence-corrected chi connectivity index (χ4v) is 2.79. The van der Waals surface area contributed by atoms with Crippen molar-refractivity contribution < 1.29 is 18.1 Å². The molecule has 0 spiro atoms. The number of aromatic nitrogens is 2. The third-order valence-electron chi connectivity index (χ3n) is 4.55. The molecule has 0 atom stereocenters. The standard InChI is InChI=1S/C20H18F3N5O2/c1-13-4-6-14(7-5-13)26(2)18-17(20(21,22)23)12-24-19(25-18)27(3)15-8-10-16(11-9-15)28(29)30/h4-12H,1-3H3. The van der Waals surface area contributed by atoms with Crippen LogP contribution in [-0.2, 0) is 6.18 Å². The van der Waals surface area contributed by atoms with Crippen molar-refractivity contribution in [1.82, 2.24) is 9.97 Å². The number of hydrogen-bond donors (Lipinski definition) is 0. The Morgan fingerprint density at radius 1 is 0.933 bits per heavy atom. The van der Waals surface area contributed by atoms with Crippen LogP contribution in [0.2, 0.25) is 0 Å². The highest BCUT2D eigenvalue weighted by Crippen LogP contribution is 2.38. The molecule has 156 valence electrons. The topological polar surface area (TPSA) is 75.4 Å². The molecule has 0 radical (unpaired) electrons. The average molecular weight is 417 g/mol. The maximum atomic E-state index is 13.6. The minimum absolute atomic E-state index is 0.0193. The van der Waals surface area contributed by atoms with Gasteiger partial charge in [0.2, 0.25) is 5.95 Å². The Kier molecular flexibility index (Phi) is 5.59. The number of non-ortho nitro benzene ring substituents is 1. The Hall–Kier alpha value is -3.69. The number of benzene rings is 2. The van der Waals surface area contributed by atoms with Crippen molar-refractivity contribution in [1.29, 1.82) is 0 Å². The lowest BCUT2D eigenvalue weighted by atomic mass is 10.2. The lowest BCUT2D eigenvalue weighted by molar-refractivity contribution is -0.384. The van der Waals surface area contributed by atoms with Crippen molar-refractivity contribution in [3.8, 4) is 0 Å². The number of nitrogens with zero attached hydrogens (tertiary/aromatic N) is 5. The number of anilines is 4. The van der Waals surface area contributed by atoms with Gasteiger partial charge in [-0.2, -0.15) is 18.2 Å². The van der Waals surface area contributed by atoms with Gasteiger partial charge in [0.1, 0.15) is 5.56 Å². The zero-order valence-corrected chi connectivity index (χ0v) is 16.4. The maximum Gasteiger partial charge on any atom is 0.421 e. The second kappa shape index (κ2) is 7.97. The molecule has 2 aromatic carbocycles. The fourth-order valence-electron chi connectivity index (χ4n) is 2.79. The summed E-state index contributed by atoms with van der Waals surface area (Å²) in [6, 6.07) is 12.6. The van der Waals surface area contributed by atoms with Crippen LogP contribution < -0.4 is 9.80 Å². The van der Waals surface area contributed by atoms with E-state index in [1.165, 1.54) is 41.1 Å². The van der Waals surface area contributed by atoms with Crippen molar-refractivity contribution >= 4 is 28.8 Å². The van der Waals surface area contributed by atoms with Gasteiger partial charge >= 0.3 is 6.18 Å². The third-order valence-corrected chi connectivity index (χ3v) is 4.55. The van der Waals surface area contributed by atoms with Crippen LogP contribution >= 0.6 is 0 Å². The molecule has 0 bridgehead atoms. The highest BCUT2D eigenvalue weighted by atomic mass is 19.4. The minimum Gasteiger partial charge on any atom is -0.329 e. The van der Waals surface area contributed by atoms with Crippen LogP contribution in [0.3, 0.4) is 0 Å². The Bertz CT molecular complexity index is 1050. The molecule has 0 saturated heterocycles. The Morgan fingerprint density at radius 2 is 1.47 bits per heavy atom. The fraction of sp³-hybridized carbons (Fsp3) is 0.200. The molecule has 10 heteroatoms. The molecular weight excluding hydrogens is 399 g/mol. The summed E-state index contributed by atoms with van der Waals surface area (Å²) in [6.07, 6.45) is -3.90. The summed E-state index contributed by atoms with van der Waals surface area (Å²) in [7, 11) is 3.07. The quantitative estimate of drug-likeness (QED) is 0.417. The van der Waals surface area contributed by atoms with Gasteiger partial charge in [-0.3, -0.25) is 10.1 Å². The molecular formula is C20H18F3N5O2. The Morgan fingerprint density at radius 3 is 2.00 bits per heavy atom. The van der Waals surface area contributed by atoms with E-state index in [0.29, 0.717) is 11.4 Å². The SMILES string of the molecule is Cc1ccc(N(C)c2nc(N(C)c3ccc([N+](=O)[O-])cc3)ncc2C(F)(F)F)cc1. The first-order valence-electron chi connectivity index (χ1n) is 8.80. The van der Waals surface area contributed by atoms with Gasteiger partial charge in [0.05, 0.1) is 4.92 Å². The second-order valence-corrected chi connectivity index (χ2v) is 6.63. The summed E-state index contributed by atoms with van der Waals surface area (Å²) in [5.41, 5.74) is 0.939. The maximum absolute atomic E-state index is 13.6. The molecule has 7 nitrogen and oxygen atoms in total. The van der Waals surface area contributed by atoms with Crippen LogP contribution in [0.15, 0.2) is 54.7 Å². The largest absolute Gasteiger partial charge is 0.421 e. The van der Waals surface area contributed by atoms with Crippen molar-refractivity contribution in [2.24, 2.45) is 0 Å². The van der Waals surface area contributed by atoms with Crippen molar-refractivity contribution in [3.63, 3.8) is 0 Å². The first kappa shape index (κ1) is 21.0. The van der Waals surface area contributed by atoms with Crippen molar-refractivity contribution in [2.75, 3.05) is 23.9 Å². The lowest BCUT2D eigenvalue weighted by Crippen LogP contribution is -2.21. The number of halogens is 3. The van der Waals surface area contributed by atoms with Gasteiger partial charge in [-0.25, -0.2) is 4.98 Å². The predicted octanol–water partition coefficient (Wildman–Crippen LogP) is 5.25. The van der Waals surface area contributed by atoms with Gasteiger partial charge in [-0.15, -0.1) is 0 Å². The van der Waals surface area contributed by atoms with E-state index in [0.717, 1.165) is 11.8 Å².